The molecular weight excluding hydrogens is 245 g/mol. The van der Waals surface area contributed by atoms with E-state index in [1.165, 1.54) is 12.1 Å². The van der Waals surface area contributed by atoms with Gasteiger partial charge in [-0.15, -0.1) is 11.6 Å². The molecule has 0 heterocycles. The van der Waals surface area contributed by atoms with Gasteiger partial charge in [-0.3, -0.25) is 4.79 Å². The van der Waals surface area contributed by atoms with Gasteiger partial charge in [0.25, 0.3) is 5.91 Å². The maximum atomic E-state index is 13.3. The largest absolute Gasteiger partial charge is 0.508 e. The summed E-state index contributed by atoms with van der Waals surface area (Å²) in [6.07, 6.45) is 1.54. The summed E-state index contributed by atoms with van der Waals surface area (Å²) in [5.41, 5.74) is -0.0679. The summed E-state index contributed by atoms with van der Waals surface area (Å²) in [6.45, 7) is 2.33. The normalized spacial score (nSPS) is 12.2. The number of phenolic OH excluding ortho intramolecular Hbond substituents is 1. The van der Waals surface area contributed by atoms with Crippen molar-refractivity contribution in [2.75, 3.05) is 6.54 Å². The lowest BCUT2D eigenvalue weighted by Crippen LogP contribution is -2.25. The van der Waals surface area contributed by atoms with Gasteiger partial charge in [-0.25, -0.2) is 4.39 Å². The Hall–Kier alpha value is -1.29. The molecule has 1 amide bonds. The number of aromatic hydroxyl groups is 1. The number of hydrogen-bond acceptors (Lipinski definition) is 2. The molecule has 0 bridgehead atoms. The molecule has 1 atom stereocenters. The molecule has 2 N–H and O–H groups in total. The maximum absolute atomic E-state index is 13.3. The Bertz CT molecular complexity index is 396. The number of carbonyl (C=O) groups is 1. The summed E-state index contributed by atoms with van der Waals surface area (Å²) in [5, 5.41) is 11.7. The third-order valence-electron chi connectivity index (χ3n) is 2.26. The molecule has 0 aliphatic carbocycles. The molecule has 0 aliphatic rings. The predicted molar refractivity (Wildman–Crippen MR) is 64.9 cm³/mol. The number of carbonyl (C=O) groups excluding carboxylic acids is 1. The molecule has 1 aromatic rings. The second-order valence-corrected chi connectivity index (χ2v) is 4.59. The van der Waals surface area contributed by atoms with E-state index in [1.807, 2.05) is 6.92 Å². The van der Waals surface area contributed by atoms with Crippen molar-refractivity contribution < 1.29 is 14.3 Å². The first kappa shape index (κ1) is 13.8. The van der Waals surface area contributed by atoms with Crippen molar-refractivity contribution in [1.82, 2.24) is 5.32 Å². The van der Waals surface area contributed by atoms with Crippen LogP contribution in [0.3, 0.4) is 0 Å². The number of hydrogen-bond donors (Lipinski definition) is 2. The van der Waals surface area contributed by atoms with E-state index in [4.69, 9.17) is 16.7 Å². The van der Waals surface area contributed by atoms with Crippen molar-refractivity contribution in [3.63, 3.8) is 0 Å². The SMILES string of the molecule is CC(Cl)CCCNC(=O)c1ccc(O)cc1F. The molecule has 5 heteroatoms. The van der Waals surface area contributed by atoms with E-state index in [0.717, 1.165) is 18.9 Å². The molecule has 0 saturated heterocycles. The average Bonchev–Trinajstić information content (AvgIpc) is 2.23. The first-order valence-electron chi connectivity index (χ1n) is 5.41. The van der Waals surface area contributed by atoms with Crippen LogP contribution in [0.15, 0.2) is 18.2 Å². The summed E-state index contributed by atoms with van der Waals surface area (Å²) in [7, 11) is 0. The number of nitrogens with one attached hydrogen (secondary N) is 1. The van der Waals surface area contributed by atoms with Crippen LogP contribution in [-0.2, 0) is 0 Å². The standard InChI is InChI=1S/C12H15ClFNO2/c1-8(13)3-2-6-15-12(17)10-5-4-9(16)7-11(10)14/h4-5,7-8,16H,2-3,6H2,1H3,(H,15,17). The van der Waals surface area contributed by atoms with E-state index < -0.39 is 11.7 Å². The number of rotatable bonds is 5. The van der Waals surface area contributed by atoms with Gasteiger partial charge >= 0.3 is 0 Å². The van der Waals surface area contributed by atoms with Gasteiger partial charge in [0, 0.05) is 18.0 Å². The van der Waals surface area contributed by atoms with Crippen LogP contribution in [-0.4, -0.2) is 22.9 Å². The van der Waals surface area contributed by atoms with Gasteiger partial charge in [0.05, 0.1) is 5.56 Å². The van der Waals surface area contributed by atoms with E-state index >= 15 is 0 Å². The van der Waals surface area contributed by atoms with Crippen molar-refractivity contribution in [2.45, 2.75) is 25.1 Å². The van der Waals surface area contributed by atoms with Crippen LogP contribution in [0.1, 0.15) is 30.1 Å². The highest BCUT2D eigenvalue weighted by atomic mass is 35.5. The molecule has 0 fully saturated rings. The van der Waals surface area contributed by atoms with Crippen LogP contribution in [0.2, 0.25) is 0 Å². The third-order valence-corrected chi connectivity index (χ3v) is 2.48. The average molecular weight is 260 g/mol. The van der Waals surface area contributed by atoms with E-state index in [0.29, 0.717) is 6.54 Å². The number of halogens is 2. The van der Waals surface area contributed by atoms with Crippen LogP contribution in [0, 0.1) is 5.82 Å². The molecule has 0 aromatic heterocycles. The Morgan fingerprint density at radius 2 is 2.29 bits per heavy atom. The van der Waals surface area contributed by atoms with Gasteiger partial charge in [0.1, 0.15) is 11.6 Å². The molecule has 1 aromatic carbocycles. The summed E-state index contributed by atoms with van der Waals surface area (Å²) < 4.78 is 13.3. The zero-order chi connectivity index (χ0) is 12.8. The van der Waals surface area contributed by atoms with Gasteiger partial charge in [0.15, 0.2) is 0 Å². The highest BCUT2D eigenvalue weighted by Gasteiger charge is 2.11. The first-order valence-corrected chi connectivity index (χ1v) is 5.85. The number of amides is 1. The Labute approximate surface area is 105 Å². The Morgan fingerprint density at radius 1 is 1.59 bits per heavy atom. The fourth-order valence-electron chi connectivity index (χ4n) is 1.37. The highest BCUT2D eigenvalue weighted by molar-refractivity contribution is 6.20. The minimum absolute atomic E-state index is 0.0670. The molecule has 0 saturated carbocycles. The Morgan fingerprint density at radius 3 is 2.88 bits per heavy atom. The molecule has 0 radical (unpaired) electrons. The minimum atomic E-state index is -0.729. The van der Waals surface area contributed by atoms with Gasteiger partial charge in [-0.05, 0) is 31.9 Å². The van der Waals surface area contributed by atoms with Crippen LogP contribution in [0.25, 0.3) is 0 Å². The smallest absolute Gasteiger partial charge is 0.254 e. The number of alkyl halides is 1. The number of benzene rings is 1. The van der Waals surface area contributed by atoms with Gasteiger partial charge in [-0.1, -0.05) is 0 Å². The van der Waals surface area contributed by atoms with Crippen LogP contribution < -0.4 is 5.32 Å². The molecular formula is C12H15ClFNO2. The quantitative estimate of drug-likeness (QED) is 0.631. The third kappa shape index (κ3) is 4.61. The van der Waals surface area contributed by atoms with E-state index in [1.54, 1.807) is 0 Å². The number of phenols is 1. The predicted octanol–water partition coefficient (Wildman–Crippen LogP) is 2.67. The van der Waals surface area contributed by atoms with Gasteiger partial charge in [-0.2, -0.15) is 0 Å². The zero-order valence-electron chi connectivity index (χ0n) is 9.54. The van der Waals surface area contributed by atoms with Gasteiger partial charge in [0.2, 0.25) is 0 Å². The van der Waals surface area contributed by atoms with Crippen molar-refractivity contribution in [3.05, 3.63) is 29.6 Å². The highest BCUT2D eigenvalue weighted by Crippen LogP contribution is 2.14. The van der Waals surface area contributed by atoms with Crippen molar-refractivity contribution in [1.29, 1.82) is 0 Å². The Kier molecular flexibility index (Phi) is 5.22. The lowest BCUT2D eigenvalue weighted by atomic mass is 10.2. The van der Waals surface area contributed by atoms with Crippen molar-refractivity contribution in [2.24, 2.45) is 0 Å². The van der Waals surface area contributed by atoms with E-state index in [9.17, 15) is 9.18 Å². The molecule has 17 heavy (non-hydrogen) atoms. The molecule has 3 nitrogen and oxygen atoms in total. The molecule has 1 rings (SSSR count). The van der Waals surface area contributed by atoms with Crippen LogP contribution >= 0.6 is 11.6 Å². The van der Waals surface area contributed by atoms with Crippen molar-refractivity contribution >= 4 is 17.5 Å². The maximum Gasteiger partial charge on any atom is 0.254 e. The van der Waals surface area contributed by atoms with E-state index in [2.05, 4.69) is 5.32 Å². The zero-order valence-corrected chi connectivity index (χ0v) is 10.3. The lowest BCUT2D eigenvalue weighted by molar-refractivity contribution is 0.0949. The fraction of sp³-hybridized carbons (Fsp3) is 0.417. The van der Waals surface area contributed by atoms with Crippen LogP contribution in [0.4, 0.5) is 4.39 Å². The second-order valence-electron chi connectivity index (χ2n) is 3.84. The summed E-state index contributed by atoms with van der Waals surface area (Å²) in [6, 6.07) is 3.44. The lowest BCUT2D eigenvalue weighted by Gasteiger charge is -2.07. The monoisotopic (exact) mass is 259 g/mol. The molecule has 94 valence electrons. The van der Waals surface area contributed by atoms with Crippen molar-refractivity contribution in [3.8, 4) is 5.75 Å². The summed E-state index contributed by atoms with van der Waals surface area (Å²) in [4.78, 5) is 11.6. The van der Waals surface area contributed by atoms with Crippen LogP contribution in [0.5, 0.6) is 5.75 Å². The minimum Gasteiger partial charge on any atom is -0.508 e. The summed E-state index contributed by atoms with van der Waals surface area (Å²) >= 11 is 5.75. The topological polar surface area (TPSA) is 49.3 Å². The van der Waals surface area contributed by atoms with Gasteiger partial charge < -0.3 is 10.4 Å². The molecule has 1 unspecified atom stereocenters. The molecule has 0 spiro atoms. The fourth-order valence-corrected chi connectivity index (χ4v) is 1.52. The molecule has 0 aliphatic heterocycles. The second kappa shape index (κ2) is 6.45. The first-order chi connectivity index (χ1) is 8.00. The van der Waals surface area contributed by atoms with E-state index in [-0.39, 0.29) is 16.7 Å². The Balaban J connectivity index is 2.47. The summed E-state index contributed by atoms with van der Waals surface area (Å²) in [5.74, 6) is -1.41.